The van der Waals surface area contributed by atoms with Gasteiger partial charge in [-0.25, -0.2) is 0 Å². The standard InChI is InChI=1S/C64H120O14/c1-3-5-7-9-11-13-15-17-19-21-23-24-25-26-27-28-30-32-34-36-38-40-42-44-46-48-73-50-53(76-56(66)47-45-43-41-39-37-35-33-31-29-22-20-18-16-14-12-10-8-6-4-2)51-74-63-62(72)60(70)58(68)55(78-63)52-75-64-61(71)59(69)57(67)54(49-65)77-64/h12,14,18,20,53-55,57-65,67-72H,3-11,13,15-17,19,21-52H2,1-2H3/b14-12-,20-18-. The second kappa shape index (κ2) is 51.1. The average Bonchev–Trinajstić information content (AvgIpc) is 3.44. The summed E-state index contributed by atoms with van der Waals surface area (Å²) in [6.45, 7) is 3.73. The van der Waals surface area contributed by atoms with Crippen LogP contribution in [0.4, 0.5) is 0 Å². The highest BCUT2D eigenvalue weighted by molar-refractivity contribution is 5.69. The third-order valence-corrected chi connectivity index (χ3v) is 15.7. The molecule has 2 aliphatic rings. The van der Waals surface area contributed by atoms with E-state index in [-0.39, 0.29) is 25.6 Å². The molecule has 2 rings (SSSR count). The van der Waals surface area contributed by atoms with Gasteiger partial charge >= 0.3 is 5.97 Å². The molecule has 14 nitrogen and oxygen atoms in total. The number of esters is 1. The van der Waals surface area contributed by atoms with Gasteiger partial charge in [-0.15, -0.1) is 0 Å². The van der Waals surface area contributed by atoms with Crippen LogP contribution in [0.5, 0.6) is 0 Å². The first-order valence-electron chi connectivity index (χ1n) is 32.4. The fourth-order valence-electron chi connectivity index (χ4n) is 10.5. The smallest absolute Gasteiger partial charge is 0.306 e. The van der Waals surface area contributed by atoms with Gasteiger partial charge in [-0.1, -0.05) is 250 Å². The third-order valence-electron chi connectivity index (χ3n) is 15.7. The number of rotatable bonds is 54. The normalized spacial score (nSPS) is 24.2. The number of allylic oxidation sites excluding steroid dienone is 4. The maximum atomic E-state index is 13.1. The van der Waals surface area contributed by atoms with Gasteiger partial charge < -0.3 is 64.2 Å². The molecule has 14 heteroatoms. The van der Waals surface area contributed by atoms with E-state index < -0.39 is 80.7 Å². The van der Waals surface area contributed by atoms with Gasteiger partial charge in [0.15, 0.2) is 12.6 Å². The molecule has 2 aliphatic heterocycles. The van der Waals surface area contributed by atoms with E-state index >= 15 is 0 Å². The second-order valence-corrected chi connectivity index (χ2v) is 22.9. The lowest BCUT2D eigenvalue weighted by atomic mass is 9.98. The summed E-state index contributed by atoms with van der Waals surface area (Å²) in [5.74, 6) is -0.374. The van der Waals surface area contributed by atoms with E-state index in [2.05, 4.69) is 38.2 Å². The van der Waals surface area contributed by atoms with Crippen LogP contribution in [0.1, 0.15) is 277 Å². The van der Waals surface area contributed by atoms with Crippen molar-refractivity contribution in [3.05, 3.63) is 24.3 Å². The quantitative estimate of drug-likeness (QED) is 0.0172. The first-order chi connectivity index (χ1) is 38.1. The predicted molar refractivity (Wildman–Crippen MR) is 312 cm³/mol. The van der Waals surface area contributed by atoms with E-state index in [9.17, 15) is 40.5 Å². The monoisotopic (exact) mass is 1110 g/mol. The SMILES string of the molecule is CCCCC/C=C\C/C=C\CCCCCCCCCCCC(=O)OC(COCCCCCCCCCCCCCCCCCCCCCCCCCCC)COC1OC(COC2OC(CO)C(O)C(O)C2O)C(O)C(O)C1O. The number of carbonyl (C=O) groups is 1. The molecule has 2 fully saturated rings. The predicted octanol–water partition coefficient (Wildman–Crippen LogP) is 12.7. The highest BCUT2D eigenvalue weighted by atomic mass is 16.7. The summed E-state index contributed by atoms with van der Waals surface area (Å²) in [6, 6.07) is 0. The minimum atomic E-state index is -1.71. The summed E-state index contributed by atoms with van der Waals surface area (Å²) < 4.78 is 34.5. The molecule has 0 aliphatic carbocycles. The molecule has 2 heterocycles. The Labute approximate surface area is 475 Å². The van der Waals surface area contributed by atoms with E-state index in [0.29, 0.717) is 13.0 Å². The van der Waals surface area contributed by atoms with Gasteiger partial charge in [0.2, 0.25) is 0 Å². The summed E-state index contributed by atoms with van der Waals surface area (Å²) >= 11 is 0. The van der Waals surface area contributed by atoms with Crippen LogP contribution in [0, 0.1) is 0 Å². The number of hydrogen-bond donors (Lipinski definition) is 7. The Morgan fingerprint density at radius 3 is 1.26 bits per heavy atom. The molecule has 7 N–H and O–H groups in total. The van der Waals surface area contributed by atoms with Crippen molar-refractivity contribution in [3.8, 4) is 0 Å². The minimum Gasteiger partial charge on any atom is -0.457 e. The summed E-state index contributed by atoms with van der Waals surface area (Å²) in [5, 5.41) is 72.5. The number of aliphatic hydroxyl groups is 7. The van der Waals surface area contributed by atoms with Crippen molar-refractivity contribution < 1.29 is 69.0 Å². The van der Waals surface area contributed by atoms with Crippen molar-refractivity contribution in [3.63, 3.8) is 0 Å². The number of unbranched alkanes of at least 4 members (excludes halogenated alkanes) is 36. The molecular weight excluding hydrogens is 993 g/mol. The maximum Gasteiger partial charge on any atom is 0.306 e. The highest BCUT2D eigenvalue weighted by Gasteiger charge is 2.47. The lowest BCUT2D eigenvalue weighted by Gasteiger charge is -2.42. The Morgan fingerprint density at radius 2 is 0.795 bits per heavy atom. The van der Waals surface area contributed by atoms with Crippen LogP contribution < -0.4 is 0 Å². The van der Waals surface area contributed by atoms with Crippen LogP contribution in [0.15, 0.2) is 24.3 Å². The van der Waals surface area contributed by atoms with E-state index in [1.807, 2.05) is 0 Å². The Bertz CT molecular complexity index is 1380. The lowest BCUT2D eigenvalue weighted by molar-refractivity contribution is -0.332. The number of hydrogen-bond acceptors (Lipinski definition) is 14. The average molecular weight is 1110 g/mol. The minimum absolute atomic E-state index is 0.0651. The van der Waals surface area contributed by atoms with Crippen LogP contribution in [0.3, 0.4) is 0 Å². The Balaban J connectivity index is 1.65. The molecule has 0 saturated carbocycles. The van der Waals surface area contributed by atoms with Crippen molar-refractivity contribution in [2.75, 3.05) is 33.0 Å². The zero-order valence-corrected chi connectivity index (χ0v) is 49.7. The molecule has 0 aromatic heterocycles. The molecule has 0 aromatic carbocycles. The van der Waals surface area contributed by atoms with Crippen LogP contribution in [0.25, 0.3) is 0 Å². The second-order valence-electron chi connectivity index (χ2n) is 22.9. The number of aliphatic hydroxyl groups excluding tert-OH is 7. The fraction of sp³-hybridized carbons (Fsp3) is 0.922. The van der Waals surface area contributed by atoms with Crippen LogP contribution in [0.2, 0.25) is 0 Å². The van der Waals surface area contributed by atoms with Crippen molar-refractivity contribution in [2.24, 2.45) is 0 Å². The van der Waals surface area contributed by atoms with Crippen molar-refractivity contribution >= 4 is 5.97 Å². The Morgan fingerprint density at radius 1 is 0.423 bits per heavy atom. The number of carbonyl (C=O) groups excluding carboxylic acids is 1. The zero-order valence-electron chi connectivity index (χ0n) is 49.7. The maximum absolute atomic E-state index is 13.1. The van der Waals surface area contributed by atoms with Gasteiger partial charge in [0.25, 0.3) is 0 Å². The van der Waals surface area contributed by atoms with Crippen molar-refractivity contribution in [2.45, 2.75) is 345 Å². The molecular formula is C64H120O14. The lowest BCUT2D eigenvalue weighted by Crippen LogP contribution is -2.61. The van der Waals surface area contributed by atoms with Crippen molar-refractivity contribution in [1.82, 2.24) is 0 Å². The van der Waals surface area contributed by atoms with Gasteiger partial charge in [0.1, 0.15) is 54.9 Å². The summed E-state index contributed by atoms with van der Waals surface area (Å²) in [7, 11) is 0. The van der Waals surface area contributed by atoms with E-state index in [0.717, 1.165) is 51.4 Å². The molecule has 0 bridgehead atoms. The molecule has 78 heavy (non-hydrogen) atoms. The Hall–Kier alpha value is -1.53. The molecule has 460 valence electrons. The van der Waals surface area contributed by atoms with Crippen molar-refractivity contribution in [1.29, 1.82) is 0 Å². The molecule has 11 unspecified atom stereocenters. The summed E-state index contributed by atoms with van der Waals surface area (Å²) in [6.07, 6.45) is 43.9. The summed E-state index contributed by atoms with van der Waals surface area (Å²) in [5.41, 5.74) is 0. The molecule has 0 radical (unpaired) electrons. The van der Waals surface area contributed by atoms with E-state index in [1.54, 1.807) is 0 Å². The van der Waals surface area contributed by atoms with Crippen LogP contribution >= 0.6 is 0 Å². The van der Waals surface area contributed by atoms with E-state index in [1.165, 1.54) is 199 Å². The van der Waals surface area contributed by atoms with Gasteiger partial charge in [-0.3, -0.25) is 4.79 Å². The first-order valence-corrected chi connectivity index (χ1v) is 32.4. The fourth-order valence-corrected chi connectivity index (χ4v) is 10.5. The third kappa shape index (κ3) is 36.8. The van der Waals surface area contributed by atoms with Crippen LogP contribution in [-0.2, 0) is 33.2 Å². The first kappa shape index (κ1) is 72.6. The molecule has 0 aromatic rings. The zero-order chi connectivity index (χ0) is 56.5. The Kier molecular flexibility index (Phi) is 47.6. The van der Waals surface area contributed by atoms with Crippen LogP contribution in [-0.4, -0.2) is 142 Å². The molecule has 11 atom stereocenters. The molecule has 0 amide bonds. The van der Waals surface area contributed by atoms with Gasteiger partial charge in [0, 0.05) is 13.0 Å². The van der Waals surface area contributed by atoms with E-state index in [4.69, 9.17) is 28.4 Å². The molecule has 0 spiro atoms. The summed E-state index contributed by atoms with van der Waals surface area (Å²) in [4.78, 5) is 13.1. The van der Waals surface area contributed by atoms with Gasteiger partial charge in [-0.05, 0) is 44.9 Å². The largest absolute Gasteiger partial charge is 0.457 e. The van der Waals surface area contributed by atoms with Gasteiger partial charge in [-0.2, -0.15) is 0 Å². The van der Waals surface area contributed by atoms with Gasteiger partial charge in [0.05, 0.1) is 26.4 Å². The topological polar surface area (TPSA) is 214 Å². The highest BCUT2D eigenvalue weighted by Crippen LogP contribution is 2.27. The molecule has 2 saturated heterocycles. The number of ether oxygens (including phenoxy) is 6.